The highest BCUT2D eigenvalue weighted by molar-refractivity contribution is 6.31. The van der Waals surface area contributed by atoms with Crippen LogP contribution in [0, 0.1) is 18.3 Å². The molecule has 1 heterocycles. The van der Waals surface area contributed by atoms with Crippen LogP contribution in [0.5, 0.6) is 5.75 Å². The molecule has 0 N–H and O–H groups in total. The van der Waals surface area contributed by atoms with E-state index in [0.717, 1.165) is 5.69 Å². The van der Waals surface area contributed by atoms with E-state index in [9.17, 15) is 0 Å². The molecule has 2 aromatic rings. The van der Waals surface area contributed by atoms with Gasteiger partial charge in [0.25, 0.3) is 0 Å². The molecule has 0 aliphatic heterocycles. The number of nitriles is 1. The highest BCUT2D eigenvalue weighted by atomic mass is 35.5. The largest absolute Gasteiger partial charge is 0.484 e. The van der Waals surface area contributed by atoms with E-state index < -0.39 is 0 Å². The van der Waals surface area contributed by atoms with Crippen LogP contribution in [-0.2, 0) is 6.61 Å². The zero-order valence-electron chi connectivity index (χ0n) is 9.11. The van der Waals surface area contributed by atoms with Crippen LogP contribution >= 0.6 is 11.6 Å². The minimum absolute atomic E-state index is 0.218. The fourth-order valence-electron chi connectivity index (χ4n) is 1.37. The number of rotatable bonds is 3. The van der Waals surface area contributed by atoms with Crippen molar-refractivity contribution >= 4 is 11.6 Å². The third kappa shape index (κ3) is 2.58. The average Bonchev–Trinajstić information content (AvgIpc) is 2.72. The van der Waals surface area contributed by atoms with Gasteiger partial charge in [-0.05, 0) is 19.1 Å². The number of nitrogens with zero attached hydrogens (tertiary/aromatic N) is 2. The fourth-order valence-corrected chi connectivity index (χ4v) is 1.57. The van der Waals surface area contributed by atoms with E-state index in [2.05, 4.69) is 5.16 Å². The molecule has 0 aliphatic rings. The Balaban J connectivity index is 2.14. The van der Waals surface area contributed by atoms with E-state index in [-0.39, 0.29) is 6.61 Å². The van der Waals surface area contributed by atoms with Crippen molar-refractivity contribution in [2.45, 2.75) is 13.5 Å². The summed E-state index contributed by atoms with van der Waals surface area (Å²) < 4.78 is 10.5. The van der Waals surface area contributed by atoms with Crippen molar-refractivity contribution in [3.8, 4) is 11.8 Å². The number of hydrogen-bond acceptors (Lipinski definition) is 4. The van der Waals surface area contributed by atoms with Gasteiger partial charge in [0.1, 0.15) is 24.0 Å². The van der Waals surface area contributed by atoms with E-state index in [0.29, 0.717) is 22.1 Å². The van der Waals surface area contributed by atoms with Crippen molar-refractivity contribution in [1.82, 2.24) is 5.16 Å². The molecule has 0 amide bonds. The molecule has 2 rings (SSSR count). The number of ether oxygens (including phenoxy) is 1. The molecule has 0 bridgehead atoms. The van der Waals surface area contributed by atoms with Crippen molar-refractivity contribution in [3.05, 3.63) is 46.3 Å². The number of aryl methyl sites for hydroxylation is 1. The zero-order chi connectivity index (χ0) is 12.3. The standard InChI is InChI=1S/C12H9ClN2O2/c1-8-5-9(17-15-8)7-16-12-4-2-3-11(13)10(12)6-14/h2-5H,7H2,1H3. The molecular weight excluding hydrogens is 240 g/mol. The zero-order valence-corrected chi connectivity index (χ0v) is 9.86. The van der Waals surface area contributed by atoms with Gasteiger partial charge in [0.15, 0.2) is 5.76 Å². The van der Waals surface area contributed by atoms with Crippen molar-refractivity contribution in [2.24, 2.45) is 0 Å². The summed E-state index contributed by atoms with van der Waals surface area (Å²) in [5.41, 5.74) is 1.11. The average molecular weight is 249 g/mol. The molecule has 0 aliphatic carbocycles. The van der Waals surface area contributed by atoms with E-state index in [1.54, 1.807) is 24.3 Å². The SMILES string of the molecule is Cc1cc(COc2cccc(Cl)c2C#N)on1. The lowest BCUT2D eigenvalue weighted by Crippen LogP contribution is -1.96. The molecule has 0 saturated heterocycles. The van der Waals surface area contributed by atoms with E-state index in [1.165, 1.54) is 0 Å². The van der Waals surface area contributed by atoms with Crippen LogP contribution in [0.1, 0.15) is 17.0 Å². The van der Waals surface area contributed by atoms with Crippen LogP contribution in [0.4, 0.5) is 0 Å². The smallest absolute Gasteiger partial charge is 0.174 e. The molecule has 0 fully saturated rings. The minimum Gasteiger partial charge on any atom is -0.484 e. The summed E-state index contributed by atoms with van der Waals surface area (Å²) >= 11 is 5.88. The van der Waals surface area contributed by atoms with Crippen LogP contribution in [-0.4, -0.2) is 5.16 Å². The van der Waals surface area contributed by atoms with Gasteiger partial charge < -0.3 is 9.26 Å². The summed E-state index contributed by atoms with van der Waals surface area (Å²) in [7, 11) is 0. The van der Waals surface area contributed by atoms with Gasteiger partial charge in [-0.3, -0.25) is 0 Å². The topological polar surface area (TPSA) is 59.0 Å². The Kier molecular flexibility index (Phi) is 3.31. The molecule has 0 unspecified atom stereocenters. The van der Waals surface area contributed by atoms with Gasteiger partial charge in [0.05, 0.1) is 10.7 Å². The first-order valence-electron chi connectivity index (χ1n) is 4.94. The first-order chi connectivity index (χ1) is 8.20. The first kappa shape index (κ1) is 11.5. The molecule has 1 aromatic carbocycles. The molecule has 0 saturated carbocycles. The third-order valence-corrected chi connectivity index (χ3v) is 2.45. The van der Waals surface area contributed by atoms with E-state index in [1.807, 2.05) is 13.0 Å². The summed E-state index contributed by atoms with van der Waals surface area (Å²) in [5, 5.41) is 13.1. The van der Waals surface area contributed by atoms with Crippen LogP contribution < -0.4 is 4.74 Å². The molecule has 4 nitrogen and oxygen atoms in total. The quantitative estimate of drug-likeness (QED) is 0.838. The van der Waals surface area contributed by atoms with Gasteiger partial charge in [0.2, 0.25) is 0 Å². The van der Waals surface area contributed by atoms with Gasteiger partial charge in [-0.15, -0.1) is 0 Å². The summed E-state index contributed by atoms with van der Waals surface area (Å²) in [6.45, 7) is 2.04. The first-order valence-corrected chi connectivity index (χ1v) is 5.32. The maximum atomic E-state index is 8.95. The van der Waals surface area contributed by atoms with Gasteiger partial charge in [-0.2, -0.15) is 5.26 Å². The van der Waals surface area contributed by atoms with Crippen molar-refractivity contribution in [1.29, 1.82) is 5.26 Å². The maximum Gasteiger partial charge on any atom is 0.174 e. The van der Waals surface area contributed by atoms with Crippen LogP contribution in [0.25, 0.3) is 0 Å². The molecule has 17 heavy (non-hydrogen) atoms. The van der Waals surface area contributed by atoms with E-state index >= 15 is 0 Å². The predicted octanol–water partition coefficient (Wildman–Crippen LogP) is 3.09. The van der Waals surface area contributed by atoms with E-state index in [4.69, 9.17) is 26.1 Å². The Morgan fingerprint density at radius 3 is 3.00 bits per heavy atom. The van der Waals surface area contributed by atoms with Crippen molar-refractivity contribution in [2.75, 3.05) is 0 Å². The van der Waals surface area contributed by atoms with Crippen LogP contribution in [0.2, 0.25) is 5.02 Å². The second-order valence-electron chi connectivity index (χ2n) is 3.45. The molecule has 86 valence electrons. The third-order valence-electron chi connectivity index (χ3n) is 2.13. The second-order valence-corrected chi connectivity index (χ2v) is 3.86. The summed E-state index contributed by atoms with van der Waals surface area (Å²) in [6, 6.07) is 8.84. The number of halogens is 1. The Hall–Kier alpha value is -1.99. The lowest BCUT2D eigenvalue weighted by Gasteiger charge is -2.06. The Morgan fingerprint density at radius 2 is 2.35 bits per heavy atom. The fraction of sp³-hybridized carbons (Fsp3) is 0.167. The Bertz CT molecular complexity index is 572. The van der Waals surface area contributed by atoms with Crippen molar-refractivity contribution in [3.63, 3.8) is 0 Å². The normalized spacial score (nSPS) is 9.94. The summed E-state index contributed by atoms with van der Waals surface area (Å²) in [4.78, 5) is 0. The van der Waals surface area contributed by atoms with Gasteiger partial charge in [-0.25, -0.2) is 0 Å². The van der Waals surface area contributed by atoms with Crippen LogP contribution in [0.3, 0.4) is 0 Å². The monoisotopic (exact) mass is 248 g/mol. The van der Waals surface area contributed by atoms with Gasteiger partial charge >= 0.3 is 0 Å². The molecule has 1 aromatic heterocycles. The number of benzene rings is 1. The van der Waals surface area contributed by atoms with Gasteiger partial charge in [0, 0.05) is 6.07 Å². The lowest BCUT2D eigenvalue weighted by atomic mass is 10.2. The molecule has 0 atom stereocenters. The lowest BCUT2D eigenvalue weighted by molar-refractivity contribution is 0.248. The Labute approximate surface area is 103 Å². The number of hydrogen-bond donors (Lipinski definition) is 0. The number of aromatic nitrogens is 1. The van der Waals surface area contributed by atoms with Crippen molar-refractivity contribution < 1.29 is 9.26 Å². The highest BCUT2D eigenvalue weighted by Crippen LogP contribution is 2.26. The van der Waals surface area contributed by atoms with Gasteiger partial charge in [-0.1, -0.05) is 22.8 Å². The molecule has 5 heteroatoms. The second kappa shape index (κ2) is 4.89. The summed E-state index contributed by atoms with van der Waals surface area (Å²) in [6.07, 6.45) is 0. The highest BCUT2D eigenvalue weighted by Gasteiger charge is 2.08. The van der Waals surface area contributed by atoms with Crippen LogP contribution in [0.15, 0.2) is 28.8 Å². The summed E-state index contributed by atoms with van der Waals surface area (Å²) in [5.74, 6) is 1.04. The Morgan fingerprint density at radius 1 is 1.53 bits per heavy atom. The molecule has 0 radical (unpaired) electrons. The maximum absolute atomic E-state index is 8.95. The molecule has 0 spiro atoms. The molecular formula is C12H9ClN2O2. The predicted molar refractivity (Wildman–Crippen MR) is 61.7 cm³/mol. The minimum atomic E-state index is 0.218.